The van der Waals surface area contributed by atoms with Crippen LogP contribution in [0.3, 0.4) is 0 Å². The fourth-order valence-corrected chi connectivity index (χ4v) is 3.03. The number of aryl methyl sites for hydroxylation is 1. The molecule has 1 aliphatic heterocycles. The average molecular weight is 287 g/mol. The van der Waals surface area contributed by atoms with E-state index in [0.717, 1.165) is 25.3 Å². The third-order valence-electron chi connectivity index (χ3n) is 3.97. The second-order valence-electron chi connectivity index (χ2n) is 5.84. The summed E-state index contributed by atoms with van der Waals surface area (Å²) in [6.07, 6.45) is 10.00. The summed E-state index contributed by atoms with van der Waals surface area (Å²) in [6, 6.07) is 0.0403. The second kappa shape index (κ2) is 5.71. The zero-order chi connectivity index (χ0) is 14.8. The number of imidazole rings is 2. The number of fused-ring (bicyclic) bond motifs is 1. The van der Waals surface area contributed by atoms with Gasteiger partial charge in [0.2, 0.25) is 5.91 Å². The van der Waals surface area contributed by atoms with Gasteiger partial charge in [-0.25, -0.2) is 9.97 Å². The van der Waals surface area contributed by atoms with Crippen molar-refractivity contribution in [3.05, 3.63) is 36.9 Å². The first kappa shape index (κ1) is 13.9. The van der Waals surface area contributed by atoms with Gasteiger partial charge < -0.3 is 14.0 Å². The molecule has 1 unspecified atom stereocenters. The van der Waals surface area contributed by atoms with Crippen LogP contribution in [0.25, 0.3) is 0 Å². The Bertz CT molecular complexity index is 601. The first-order valence-corrected chi connectivity index (χ1v) is 7.43. The standard InChI is InChI=1S/C15H21N5O/c1-12(2)14-15-17-5-9-19(15)6-3-7-20(14)13(21)10-18-8-4-16-11-18/h4-5,8-9,11-12,14H,3,6-7,10H2,1-2H3. The van der Waals surface area contributed by atoms with E-state index in [-0.39, 0.29) is 11.9 Å². The van der Waals surface area contributed by atoms with Crippen molar-refractivity contribution in [1.29, 1.82) is 0 Å². The fraction of sp³-hybridized carbons (Fsp3) is 0.533. The number of amides is 1. The van der Waals surface area contributed by atoms with E-state index in [1.807, 2.05) is 28.1 Å². The molecule has 6 nitrogen and oxygen atoms in total. The lowest BCUT2D eigenvalue weighted by atomic mass is 10.0. The Kier molecular flexibility index (Phi) is 3.77. The van der Waals surface area contributed by atoms with E-state index in [1.54, 1.807) is 12.5 Å². The maximum absolute atomic E-state index is 12.7. The maximum atomic E-state index is 12.7. The molecule has 0 radical (unpaired) electrons. The summed E-state index contributed by atoms with van der Waals surface area (Å²) < 4.78 is 3.99. The lowest BCUT2D eigenvalue weighted by molar-refractivity contribution is -0.135. The van der Waals surface area contributed by atoms with Gasteiger partial charge in [0.05, 0.1) is 12.4 Å². The van der Waals surface area contributed by atoms with Gasteiger partial charge >= 0.3 is 0 Å². The van der Waals surface area contributed by atoms with E-state index in [4.69, 9.17) is 0 Å². The molecule has 6 heteroatoms. The van der Waals surface area contributed by atoms with Crippen molar-refractivity contribution in [2.24, 2.45) is 5.92 Å². The van der Waals surface area contributed by atoms with Gasteiger partial charge in [0.1, 0.15) is 12.4 Å². The molecule has 1 amide bonds. The van der Waals surface area contributed by atoms with Gasteiger partial charge in [-0.1, -0.05) is 13.8 Å². The van der Waals surface area contributed by atoms with Crippen LogP contribution in [0.2, 0.25) is 0 Å². The second-order valence-corrected chi connectivity index (χ2v) is 5.84. The molecule has 0 saturated carbocycles. The summed E-state index contributed by atoms with van der Waals surface area (Å²) in [7, 11) is 0. The monoisotopic (exact) mass is 287 g/mol. The first-order chi connectivity index (χ1) is 10.2. The summed E-state index contributed by atoms with van der Waals surface area (Å²) in [6.45, 7) is 6.33. The molecule has 1 atom stereocenters. The Hall–Kier alpha value is -2.11. The molecule has 0 saturated heterocycles. The van der Waals surface area contributed by atoms with E-state index < -0.39 is 0 Å². The largest absolute Gasteiger partial charge is 0.333 e. The summed E-state index contributed by atoms with van der Waals surface area (Å²) in [5.74, 6) is 1.46. The highest BCUT2D eigenvalue weighted by Gasteiger charge is 2.32. The number of carbonyl (C=O) groups is 1. The predicted octanol–water partition coefficient (Wildman–Crippen LogP) is 1.71. The van der Waals surface area contributed by atoms with Crippen LogP contribution >= 0.6 is 0 Å². The molecule has 2 aromatic rings. The van der Waals surface area contributed by atoms with E-state index in [1.165, 1.54) is 0 Å². The van der Waals surface area contributed by atoms with E-state index in [0.29, 0.717) is 12.5 Å². The Morgan fingerprint density at radius 2 is 2.19 bits per heavy atom. The van der Waals surface area contributed by atoms with Crippen molar-refractivity contribution < 1.29 is 4.79 Å². The fourth-order valence-electron chi connectivity index (χ4n) is 3.03. The van der Waals surface area contributed by atoms with Crippen LogP contribution in [0.15, 0.2) is 31.1 Å². The Labute approximate surface area is 124 Å². The molecule has 3 heterocycles. The van der Waals surface area contributed by atoms with Gasteiger partial charge in [-0.15, -0.1) is 0 Å². The highest BCUT2D eigenvalue weighted by atomic mass is 16.2. The smallest absolute Gasteiger partial charge is 0.243 e. The summed E-state index contributed by atoms with van der Waals surface area (Å²) in [5, 5.41) is 0. The molecular weight excluding hydrogens is 266 g/mol. The van der Waals surface area contributed by atoms with Crippen LogP contribution in [0.4, 0.5) is 0 Å². The minimum atomic E-state index is 0.0403. The van der Waals surface area contributed by atoms with Crippen LogP contribution in [0.5, 0.6) is 0 Å². The number of hydrogen-bond acceptors (Lipinski definition) is 3. The van der Waals surface area contributed by atoms with E-state index >= 15 is 0 Å². The Balaban J connectivity index is 1.87. The van der Waals surface area contributed by atoms with Crippen molar-refractivity contribution in [3.63, 3.8) is 0 Å². The lowest BCUT2D eigenvalue weighted by Gasteiger charge is -2.32. The summed E-state index contributed by atoms with van der Waals surface area (Å²) >= 11 is 0. The Morgan fingerprint density at radius 3 is 2.90 bits per heavy atom. The van der Waals surface area contributed by atoms with Crippen LogP contribution in [-0.4, -0.2) is 36.5 Å². The Morgan fingerprint density at radius 1 is 1.33 bits per heavy atom. The highest BCUT2D eigenvalue weighted by Crippen LogP contribution is 2.30. The molecule has 2 aromatic heterocycles. The van der Waals surface area contributed by atoms with Gasteiger partial charge in [-0.3, -0.25) is 4.79 Å². The number of carbonyl (C=O) groups excluding carboxylic acids is 1. The van der Waals surface area contributed by atoms with Gasteiger partial charge in [0.15, 0.2) is 0 Å². The first-order valence-electron chi connectivity index (χ1n) is 7.43. The summed E-state index contributed by atoms with van der Waals surface area (Å²) in [5.41, 5.74) is 0. The molecule has 0 bridgehead atoms. The van der Waals surface area contributed by atoms with Gasteiger partial charge in [0.25, 0.3) is 0 Å². The minimum absolute atomic E-state index is 0.0403. The van der Waals surface area contributed by atoms with Crippen LogP contribution < -0.4 is 0 Å². The predicted molar refractivity (Wildman–Crippen MR) is 78.4 cm³/mol. The summed E-state index contributed by atoms with van der Waals surface area (Å²) in [4.78, 5) is 23.2. The van der Waals surface area contributed by atoms with Crippen molar-refractivity contribution in [2.45, 2.75) is 39.4 Å². The van der Waals surface area contributed by atoms with E-state index in [2.05, 4.69) is 28.4 Å². The zero-order valence-corrected chi connectivity index (χ0v) is 12.5. The number of rotatable bonds is 3. The number of aromatic nitrogens is 4. The SMILES string of the molecule is CC(C)C1c2nccn2CCCN1C(=O)Cn1ccnc1. The van der Waals surface area contributed by atoms with Crippen LogP contribution in [-0.2, 0) is 17.9 Å². The quantitative estimate of drug-likeness (QED) is 0.863. The van der Waals surface area contributed by atoms with Crippen LogP contribution in [0.1, 0.15) is 32.1 Å². The highest BCUT2D eigenvalue weighted by molar-refractivity contribution is 5.76. The number of hydrogen-bond donors (Lipinski definition) is 0. The van der Waals surface area contributed by atoms with Gasteiger partial charge in [-0.2, -0.15) is 0 Å². The van der Waals surface area contributed by atoms with Gasteiger partial charge in [0, 0.05) is 37.9 Å². The third-order valence-corrected chi connectivity index (χ3v) is 3.97. The van der Waals surface area contributed by atoms with Crippen molar-refractivity contribution in [3.8, 4) is 0 Å². The van der Waals surface area contributed by atoms with E-state index in [9.17, 15) is 4.79 Å². The zero-order valence-electron chi connectivity index (χ0n) is 12.5. The number of nitrogens with zero attached hydrogens (tertiary/aromatic N) is 5. The molecule has 112 valence electrons. The molecule has 0 spiro atoms. The minimum Gasteiger partial charge on any atom is -0.333 e. The molecular formula is C15H21N5O. The average Bonchev–Trinajstić information content (AvgIpc) is 3.07. The third kappa shape index (κ3) is 2.70. The van der Waals surface area contributed by atoms with Crippen molar-refractivity contribution >= 4 is 5.91 Å². The van der Waals surface area contributed by atoms with Crippen molar-refractivity contribution in [1.82, 2.24) is 24.0 Å². The van der Waals surface area contributed by atoms with Gasteiger partial charge in [-0.05, 0) is 12.3 Å². The molecule has 0 aliphatic carbocycles. The molecule has 3 rings (SSSR count). The molecule has 21 heavy (non-hydrogen) atoms. The normalized spacial score (nSPS) is 18.6. The molecule has 0 fully saturated rings. The maximum Gasteiger partial charge on any atom is 0.243 e. The van der Waals surface area contributed by atoms with Crippen LogP contribution in [0, 0.1) is 5.92 Å². The van der Waals surface area contributed by atoms with Crippen molar-refractivity contribution in [2.75, 3.05) is 6.54 Å². The molecule has 0 N–H and O–H groups in total. The molecule has 1 aliphatic rings. The topological polar surface area (TPSA) is 56.0 Å². The lowest BCUT2D eigenvalue weighted by Crippen LogP contribution is -2.39. The molecule has 0 aromatic carbocycles.